The summed E-state index contributed by atoms with van der Waals surface area (Å²) in [5.41, 5.74) is 4.69. The van der Waals surface area contributed by atoms with E-state index in [-0.39, 0.29) is 11.5 Å². The van der Waals surface area contributed by atoms with E-state index in [1.54, 1.807) is 0 Å². The molecular weight excluding hydrogens is 330 g/mol. The molecule has 1 aliphatic carbocycles. The summed E-state index contributed by atoms with van der Waals surface area (Å²) in [7, 11) is 0. The van der Waals surface area contributed by atoms with Gasteiger partial charge in [0, 0.05) is 24.3 Å². The van der Waals surface area contributed by atoms with E-state index in [4.69, 9.17) is 4.74 Å². The fourth-order valence-corrected chi connectivity index (χ4v) is 3.36. The smallest absolute Gasteiger partial charge is 0.267 e. The van der Waals surface area contributed by atoms with Crippen molar-refractivity contribution >= 4 is 11.6 Å². The van der Waals surface area contributed by atoms with Crippen LogP contribution in [-0.4, -0.2) is 29.3 Å². The zero-order valence-electron chi connectivity index (χ0n) is 15.1. The lowest BCUT2D eigenvalue weighted by Gasteiger charge is -2.17. The van der Waals surface area contributed by atoms with Crippen LogP contribution >= 0.6 is 0 Å². The zero-order chi connectivity index (χ0) is 18.4. The Hall–Kier alpha value is -2.47. The number of nitrogens with zero attached hydrogens (tertiary/aromatic N) is 1. The number of anilines is 1. The molecule has 138 valence electrons. The van der Waals surface area contributed by atoms with E-state index in [0.717, 1.165) is 53.8 Å². The molecule has 26 heavy (non-hydrogen) atoms. The third-order valence-electron chi connectivity index (χ3n) is 4.64. The number of hydrogen-bond acceptors (Lipinski definition) is 4. The first-order valence-electron chi connectivity index (χ1n) is 9.23. The van der Waals surface area contributed by atoms with E-state index < -0.39 is 0 Å². The molecule has 2 N–H and O–H groups in total. The molecule has 0 unspecified atom stereocenters. The Morgan fingerprint density at radius 1 is 1.27 bits per heavy atom. The van der Waals surface area contributed by atoms with Crippen molar-refractivity contribution < 1.29 is 9.53 Å². The predicted molar refractivity (Wildman–Crippen MR) is 100 cm³/mol. The molecule has 0 radical (unpaired) electrons. The highest BCUT2D eigenvalue weighted by Gasteiger charge is 2.18. The number of aromatic nitrogens is 2. The van der Waals surface area contributed by atoms with Crippen LogP contribution in [-0.2, 0) is 28.8 Å². The van der Waals surface area contributed by atoms with Gasteiger partial charge in [-0.15, -0.1) is 0 Å². The molecule has 1 amide bonds. The van der Waals surface area contributed by atoms with Crippen LogP contribution in [0.1, 0.15) is 48.6 Å². The van der Waals surface area contributed by atoms with Crippen molar-refractivity contribution in [2.24, 2.45) is 0 Å². The Labute approximate surface area is 153 Å². The van der Waals surface area contributed by atoms with Gasteiger partial charge in [-0.1, -0.05) is 12.1 Å². The van der Waals surface area contributed by atoms with Gasteiger partial charge >= 0.3 is 0 Å². The number of H-pyrrole nitrogens is 1. The van der Waals surface area contributed by atoms with Crippen molar-refractivity contribution in [1.82, 2.24) is 10.2 Å². The molecule has 1 heterocycles. The zero-order valence-corrected chi connectivity index (χ0v) is 15.1. The average molecular weight is 355 g/mol. The molecular formula is C20H25N3O3. The van der Waals surface area contributed by atoms with Crippen molar-refractivity contribution in [3.05, 3.63) is 57.0 Å². The quantitative estimate of drug-likeness (QED) is 0.748. The minimum Gasteiger partial charge on any atom is -0.381 e. The molecule has 2 aromatic rings. The van der Waals surface area contributed by atoms with Gasteiger partial charge in [0.2, 0.25) is 5.91 Å². The third kappa shape index (κ3) is 4.58. The van der Waals surface area contributed by atoms with Crippen molar-refractivity contribution in [3.8, 4) is 0 Å². The van der Waals surface area contributed by atoms with Crippen LogP contribution in [0.25, 0.3) is 0 Å². The highest BCUT2D eigenvalue weighted by atomic mass is 16.5. The minimum absolute atomic E-state index is 0.0567. The molecule has 0 spiro atoms. The maximum atomic E-state index is 12.0. The first-order valence-corrected chi connectivity index (χ1v) is 9.23. The summed E-state index contributed by atoms with van der Waals surface area (Å²) in [4.78, 5) is 23.9. The van der Waals surface area contributed by atoms with Gasteiger partial charge in [0.05, 0.1) is 18.7 Å². The maximum absolute atomic E-state index is 12.0. The van der Waals surface area contributed by atoms with E-state index >= 15 is 0 Å². The number of nitrogens with one attached hydrogen (secondary N) is 2. The Kier molecular flexibility index (Phi) is 6.17. The lowest BCUT2D eigenvalue weighted by molar-refractivity contribution is -0.117. The van der Waals surface area contributed by atoms with Gasteiger partial charge in [-0.05, 0) is 55.9 Å². The summed E-state index contributed by atoms with van der Waals surface area (Å²) < 4.78 is 5.21. The van der Waals surface area contributed by atoms with Gasteiger partial charge in [-0.3, -0.25) is 9.59 Å². The van der Waals surface area contributed by atoms with Gasteiger partial charge in [-0.2, -0.15) is 5.10 Å². The molecule has 6 heteroatoms. The topological polar surface area (TPSA) is 84.1 Å². The summed E-state index contributed by atoms with van der Waals surface area (Å²) >= 11 is 0. The van der Waals surface area contributed by atoms with Crippen LogP contribution in [0, 0.1) is 0 Å². The normalized spacial score (nSPS) is 13.3. The highest BCUT2D eigenvalue weighted by Crippen LogP contribution is 2.22. The molecule has 0 bridgehead atoms. The number of ether oxygens (including phenoxy) is 1. The Morgan fingerprint density at radius 3 is 2.88 bits per heavy atom. The van der Waals surface area contributed by atoms with Crippen molar-refractivity contribution in [1.29, 1.82) is 0 Å². The van der Waals surface area contributed by atoms with Crippen LogP contribution < -0.4 is 10.9 Å². The molecule has 0 atom stereocenters. The number of carbonyl (C=O) groups is 1. The highest BCUT2D eigenvalue weighted by molar-refractivity contribution is 5.90. The molecule has 3 rings (SSSR count). The van der Waals surface area contributed by atoms with Crippen LogP contribution in [0.15, 0.2) is 29.1 Å². The molecule has 0 aliphatic heterocycles. The SMILES string of the molecule is CCOCCC(=O)Nc1cccc(Cc2n[nH]c(=O)c3c2CCCC3)c1. The predicted octanol–water partition coefficient (Wildman–Crippen LogP) is 2.60. The lowest BCUT2D eigenvalue weighted by atomic mass is 9.90. The Morgan fingerprint density at radius 2 is 2.08 bits per heavy atom. The second-order valence-corrected chi connectivity index (χ2v) is 6.54. The van der Waals surface area contributed by atoms with Crippen molar-refractivity contribution in [2.75, 3.05) is 18.5 Å². The van der Waals surface area contributed by atoms with Crippen molar-refractivity contribution in [3.63, 3.8) is 0 Å². The number of carbonyl (C=O) groups excluding carboxylic acids is 1. The summed E-state index contributed by atoms with van der Waals surface area (Å²) in [6.45, 7) is 2.94. The van der Waals surface area contributed by atoms with Crippen molar-refractivity contribution in [2.45, 2.75) is 45.4 Å². The standard InChI is InChI=1S/C20H25N3O3/c1-2-26-11-10-19(24)21-15-7-5-6-14(12-15)13-18-16-8-3-4-9-17(16)20(25)23-22-18/h5-7,12H,2-4,8-11,13H2,1H3,(H,21,24)(H,23,25). The van der Waals surface area contributed by atoms with Crippen LogP contribution in [0.5, 0.6) is 0 Å². The first kappa shape index (κ1) is 18.3. The summed E-state index contributed by atoms with van der Waals surface area (Å²) in [5, 5.41) is 9.82. The van der Waals surface area contributed by atoms with Gasteiger partial charge < -0.3 is 10.1 Å². The fourth-order valence-electron chi connectivity index (χ4n) is 3.36. The summed E-state index contributed by atoms with van der Waals surface area (Å²) in [6, 6.07) is 7.77. The molecule has 0 fully saturated rings. The van der Waals surface area contributed by atoms with E-state index in [9.17, 15) is 9.59 Å². The first-order chi connectivity index (χ1) is 12.7. The molecule has 1 aromatic heterocycles. The van der Waals surface area contributed by atoms with E-state index in [1.165, 1.54) is 0 Å². The molecule has 0 saturated heterocycles. The van der Waals surface area contributed by atoms with Gasteiger partial charge in [0.1, 0.15) is 0 Å². The number of hydrogen-bond donors (Lipinski definition) is 2. The van der Waals surface area contributed by atoms with E-state index in [0.29, 0.717) is 26.1 Å². The second-order valence-electron chi connectivity index (χ2n) is 6.54. The summed E-state index contributed by atoms with van der Waals surface area (Å²) in [5.74, 6) is -0.0601. The van der Waals surface area contributed by atoms with Gasteiger partial charge in [0.25, 0.3) is 5.56 Å². The fraction of sp³-hybridized carbons (Fsp3) is 0.450. The van der Waals surface area contributed by atoms with Gasteiger partial charge in [0.15, 0.2) is 0 Å². The molecule has 1 aliphatic rings. The number of aromatic amines is 1. The number of amides is 1. The molecule has 0 saturated carbocycles. The summed E-state index contributed by atoms with van der Waals surface area (Å²) in [6.07, 6.45) is 4.88. The van der Waals surface area contributed by atoms with Gasteiger partial charge in [-0.25, -0.2) is 5.10 Å². The average Bonchev–Trinajstić information content (AvgIpc) is 2.65. The lowest BCUT2D eigenvalue weighted by Crippen LogP contribution is -2.23. The molecule has 1 aromatic carbocycles. The number of rotatable bonds is 7. The van der Waals surface area contributed by atoms with Crippen LogP contribution in [0.2, 0.25) is 0 Å². The maximum Gasteiger partial charge on any atom is 0.267 e. The van der Waals surface area contributed by atoms with Crippen LogP contribution in [0.4, 0.5) is 5.69 Å². The monoisotopic (exact) mass is 355 g/mol. The Balaban J connectivity index is 1.71. The number of benzene rings is 1. The second kappa shape index (κ2) is 8.76. The number of fused-ring (bicyclic) bond motifs is 1. The minimum atomic E-state index is -0.0601. The van der Waals surface area contributed by atoms with E-state index in [2.05, 4.69) is 15.5 Å². The third-order valence-corrected chi connectivity index (χ3v) is 4.64. The largest absolute Gasteiger partial charge is 0.381 e. The molecule has 6 nitrogen and oxygen atoms in total. The van der Waals surface area contributed by atoms with Crippen LogP contribution in [0.3, 0.4) is 0 Å². The van der Waals surface area contributed by atoms with E-state index in [1.807, 2.05) is 31.2 Å². The Bertz CT molecular complexity index is 829.